The standard InChI is InChI=1S/C21H16BrN3O2/c22-17-6-2-4-8-19(17)27-13-14-9-11-15(12-10-14)20-24-18-7-3-1-5-16(18)21(26)25(20)23/h1-12H,13,23H2. The number of fused-ring (bicyclic) bond motifs is 1. The first kappa shape index (κ1) is 17.3. The first-order valence-corrected chi connectivity index (χ1v) is 9.16. The summed E-state index contributed by atoms with van der Waals surface area (Å²) < 4.78 is 7.83. The van der Waals surface area contributed by atoms with Crippen molar-refractivity contribution >= 4 is 26.8 Å². The van der Waals surface area contributed by atoms with E-state index in [2.05, 4.69) is 20.9 Å². The maximum atomic E-state index is 12.5. The molecule has 0 unspecified atom stereocenters. The number of hydrogen-bond acceptors (Lipinski definition) is 4. The van der Waals surface area contributed by atoms with E-state index in [4.69, 9.17) is 10.6 Å². The summed E-state index contributed by atoms with van der Waals surface area (Å²) >= 11 is 3.47. The fourth-order valence-corrected chi connectivity index (χ4v) is 3.22. The second-order valence-corrected chi connectivity index (χ2v) is 6.90. The van der Waals surface area contributed by atoms with E-state index in [9.17, 15) is 4.79 Å². The minimum Gasteiger partial charge on any atom is -0.488 e. The molecule has 0 spiro atoms. The predicted octanol–water partition coefficient (Wildman–Crippen LogP) is 4.12. The minimum absolute atomic E-state index is 0.267. The summed E-state index contributed by atoms with van der Waals surface area (Å²) in [5, 5.41) is 0.502. The van der Waals surface area contributed by atoms with Gasteiger partial charge in [-0.05, 0) is 45.8 Å². The van der Waals surface area contributed by atoms with Crippen LogP contribution in [0.25, 0.3) is 22.3 Å². The summed E-state index contributed by atoms with van der Waals surface area (Å²) in [7, 11) is 0. The van der Waals surface area contributed by atoms with Crippen molar-refractivity contribution in [2.24, 2.45) is 0 Å². The number of nitrogens with zero attached hydrogens (tertiary/aromatic N) is 2. The van der Waals surface area contributed by atoms with Gasteiger partial charge in [-0.1, -0.05) is 48.5 Å². The van der Waals surface area contributed by atoms with E-state index in [0.29, 0.717) is 23.3 Å². The topological polar surface area (TPSA) is 70.1 Å². The molecule has 4 rings (SSSR count). The molecule has 1 aromatic heterocycles. The molecule has 0 atom stereocenters. The van der Waals surface area contributed by atoms with E-state index in [0.717, 1.165) is 26.0 Å². The number of benzene rings is 3. The van der Waals surface area contributed by atoms with Crippen molar-refractivity contribution in [2.45, 2.75) is 6.61 Å². The van der Waals surface area contributed by atoms with Crippen LogP contribution in [0.3, 0.4) is 0 Å². The van der Waals surface area contributed by atoms with Crippen molar-refractivity contribution in [1.82, 2.24) is 9.66 Å². The molecule has 0 bridgehead atoms. The van der Waals surface area contributed by atoms with Gasteiger partial charge >= 0.3 is 0 Å². The summed E-state index contributed by atoms with van der Waals surface area (Å²) in [5.41, 5.74) is 2.13. The van der Waals surface area contributed by atoms with E-state index in [1.807, 2.05) is 54.6 Å². The van der Waals surface area contributed by atoms with Crippen LogP contribution in [-0.4, -0.2) is 9.66 Å². The number of nitrogens with two attached hydrogens (primary N) is 1. The second kappa shape index (κ2) is 7.25. The molecule has 0 aliphatic carbocycles. The number of ether oxygens (including phenoxy) is 1. The van der Waals surface area contributed by atoms with Gasteiger partial charge in [-0.2, -0.15) is 0 Å². The summed E-state index contributed by atoms with van der Waals surface area (Å²) in [6.07, 6.45) is 0. The van der Waals surface area contributed by atoms with Crippen LogP contribution in [0.15, 0.2) is 82.1 Å². The van der Waals surface area contributed by atoms with E-state index >= 15 is 0 Å². The summed E-state index contributed by atoms with van der Waals surface area (Å²) in [4.78, 5) is 17.0. The molecule has 5 nitrogen and oxygen atoms in total. The number of halogens is 1. The van der Waals surface area contributed by atoms with Crippen LogP contribution >= 0.6 is 15.9 Å². The first-order valence-electron chi connectivity index (χ1n) is 8.37. The number of para-hydroxylation sites is 2. The predicted molar refractivity (Wildman–Crippen MR) is 110 cm³/mol. The summed E-state index contributed by atoms with van der Waals surface area (Å²) in [6, 6.07) is 22.5. The van der Waals surface area contributed by atoms with Gasteiger partial charge in [0.2, 0.25) is 0 Å². The Bertz CT molecular complexity index is 1170. The van der Waals surface area contributed by atoms with Gasteiger partial charge in [-0.3, -0.25) is 4.79 Å². The van der Waals surface area contributed by atoms with Gasteiger partial charge in [0.25, 0.3) is 5.56 Å². The highest BCUT2D eigenvalue weighted by molar-refractivity contribution is 9.10. The molecule has 134 valence electrons. The lowest BCUT2D eigenvalue weighted by Crippen LogP contribution is -2.29. The van der Waals surface area contributed by atoms with Crippen LogP contribution in [0, 0.1) is 0 Å². The van der Waals surface area contributed by atoms with Gasteiger partial charge in [-0.15, -0.1) is 0 Å². The van der Waals surface area contributed by atoms with Crippen molar-refractivity contribution in [3.8, 4) is 17.1 Å². The molecule has 0 aliphatic heterocycles. The van der Waals surface area contributed by atoms with Crippen molar-refractivity contribution in [2.75, 3.05) is 5.84 Å². The highest BCUT2D eigenvalue weighted by Gasteiger charge is 2.10. The van der Waals surface area contributed by atoms with E-state index in [1.165, 1.54) is 0 Å². The van der Waals surface area contributed by atoms with Gasteiger partial charge in [-0.25, -0.2) is 9.66 Å². The second-order valence-electron chi connectivity index (χ2n) is 6.04. The van der Waals surface area contributed by atoms with Gasteiger partial charge in [0.05, 0.1) is 15.4 Å². The Morgan fingerprint density at radius 1 is 0.963 bits per heavy atom. The molecule has 2 N–H and O–H groups in total. The number of aromatic nitrogens is 2. The molecule has 0 fully saturated rings. The smallest absolute Gasteiger partial charge is 0.280 e. The van der Waals surface area contributed by atoms with Crippen LogP contribution in [-0.2, 0) is 6.61 Å². The van der Waals surface area contributed by atoms with Crippen molar-refractivity contribution in [3.05, 3.63) is 93.2 Å². The number of hydrogen-bond donors (Lipinski definition) is 1. The highest BCUT2D eigenvalue weighted by atomic mass is 79.9. The van der Waals surface area contributed by atoms with Gasteiger partial charge in [0, 0.05) is 5.56 Å². The Balaban J connectivity index is 1.61. The van der Waals surface area contributed by atoms with Crippen molar-refractivity contribution < 1.29 is 4.74 Å². The van der Waals surface area contributed by atoms with E-state index in [1.54, 1.807) is 18.2 Å². The lowest BCUT2D eigenvalue weighted by Gasteiger charge is -2.11. The third-order valence-electron chi connectivity index (χ3n) is 4.25. The Hall–Kier alpha value is -3.12. The van der Waals surface area contributed by atoms with Gasteiger partial charge in [0.1, 0.15) is 12.4 Å². The number of rotatable bonds is 4. The molecule has 0 amide bonds. The van der Waals surface area contributed by atoms with Crippen molar-refractivity contribution in [1.29, 1.82) is 0 Å². The fraction of sp³-hybridized carbons (Fsp3) is 0.0476. The van der Waals surface area contributed by atoms with Crippen LogP contribution in [0.2, 0.25) is 0 Å². The quantitative estimate of drug-likeness (QED) is 0.503. The summed E-state index contributed by atoms with van der Waals surface area (Å²) in [5.74, 6) is 7.20. The summed E-state index contributed by atoms with van der Waals surface area (Å²) in [6.45, 7) is 0.434. The average Bonchev–Trinajstić information content (AvgIpc) is 2.71. The largest absolute Gasteiger partial charge is 0.488 e. The molecule has 0 saturated carbocycles. The molecule has 0 radical (unpaired) electrons. The highest BCUT2D eigenvalue weighted by Crippen LogP contribution is 2.25. The molecule has 0 aliphatic rings. The third kappa shape index (κ3) is 3.44. The molecular weight excluding hydrogens is 406 g/mol. The van der Waals surface area contributed by atoms with Crippen LogP contribution in [0.4, 0.5) is 0 Å². The van der Waals surface area contributed by atoms with Crippen LogP contribution < -0.4 is 16.1 Å². The molecule has 0 saturated heterocycles. The SMILES string of the molecule is Nn1c(-c2ccc(COc3ccccc3Br)cc2)nc2ccccc2c1=O. The Kier molecular flexibility index (Phi) is 4.64. The maximum absolute atomic E-state index is 12.5. The Morgan fingerprint density at radius 3 is 2.44 bits per heavy atom. The zero-order valence-corrected chi connectivity index (χ0v) is 15.9. The fourth-order valence-electron chi connectivity index (χ4n) is 2.82. The van der Waals surface area contributed by atoms with Crippen LogP contribution in [0.5, 0.6) is 5.75 Å². The molecule has 1 heterocycles. The van der Waals surface area contributed by atoms with Crippen LogP contribution in [0.1, 0.15) is 5.56 Å². The Labute approximate surface area is 164 Å². The zero-order chi connectivity index (χ0) is 18.8. The van der Waals surface area contributed by atoms with Crippen molar-refractivity contribution in [3.63, 3.8) is 0 Å². The normalized spacial score (nSPS) is 10.9. The first-order chi connectivity index (χ1) is 13.1. The molecule has 27 heavy (non-hydrogen) atoms. The molecule has 3 aromatic carbocycles. The third-order valence-corrected chi connectivity index (χ3v) is 4.91. The van der Waals surface area contributed by atoms with Gasteiger partial charge in [0.15, 0.2) is 5.82 Å². The average molecular weight is 422 g/mol. The monoisotopic (exact) mass is 421 g/mol. The lowest BCUT2D eigenvalue weighted by atomic mass is 10.1. The van der Waals surface area contributed by atoms with Gasteiger partial charge < -0.3 is 10.6 Å². The Morgan fingerprint density at radius 2 is 1.67 bits per heavy atom. The molecule has 6 heteroatoms. The van der Waals surface area contributed by atoms with E-state index in [-0.39, 0.29) is 5.56 Å². The van der Waals surface area contributed by atoms with E-state index < -0.39 is 0 Å². The minimum atomic E-state index is -0.267. The molecular formula is C21H16BrN3O2. The lowest BCUT2D eigenvalue weighted by molar-refractivity contribution is 0.304. The molecule has 4 aromatic rings. The number of nitrogen functional groups attached to an aromatic ring is 1. The zero-order valence-electron chi connectivity index (χ0n) is 14.3. The maximum Gasteiger partial charge on any atom is 0.280 e.